The summed E-state index contributed by atoms with van der Waals surface area (Å²) in [6, 6.07) is 26.1. The molecule has 9 heteroatoms. The average molecular weight is 620 g/mol. The number of aromatic nitrogens is 2. The first kappa shape index (κ1) is 30.5. The number of aryl methyl sites for hydroxylation is 2. The van der Waals surface area contributed by atoms with Crippen LogP contribution in [0.2, 0.25) is 0 Å². The van der Waals surface area contributed by atoms with Crippen molar-refractivity contribution in [2.45, 2.75) is 18.8 Å². The molecule has 0 radical (unpaired) electrons. The maximum absolute atomic E-state index is 14.7. The van der Waals surface area contributed by atoms with Gasteiger partial charge in [-0.2, -0.15) is 0 Å². The summed E-state index contributed by atoms with van der Waals surface area (Å²) < 4.78 is 26.9. The molecule has 2 heterocycles. The van der Waals surface area contributed by atoms with Crippen molar-refractivity contribution >= 4 is 27.7 Å². The maximum atomic E-state index is 14.7. The minimum Gasteiger partial charge on any atom is -0.507 e. The molecule has 4 aromatic carbocycles. The van der Waals surface area contributed by atoms with Crippen molar-refractivity contribution in [3.63, 3.8) is 0 Å². The van der Waals surface area contributed by atoms with Crippen LogP contribution in [-0.4, -0.2) is 41.3 Å². The molecule has 46 heavy (non-hydrogen) atoms. The zero-order chi connectivity index (χ0) is 32.4. The van der Waals surface area contributed by atoms with E-state index in [4.69, 9.17) is 9.47 Å². The highest BCUT2D eigenvalue weighted by Crippen LogP contribution is 2.41. The Labute approximate surface area is 265 Å². The van der Waals surface area contributed by atoms with Crippen LogP contribution in [0.25, 0.3) is 21.8 Å². The minimum absolute atomic E-state index is 0.139. The first-order valence-electron chi connectivity index (χ1n) is 15.0. The molecule has 6 aromatic rings. The molecule has 0 aliphatic carbocycles. The highest BCUT2D eigenvalue weighted by molar-refractivity contribution is 5.95. The molecule has 0 saturated heterocycles. The Morgan fingerprint density at radius 1 is 0.935 bits per heavy atom. The van der Waals surface area contributed by atoms with Crippen LogP contribution in [0.3, 0.4) is 0 Å². The molecule has 0 aliphatic heterocycles. The first-order chi connectivity index (χ1) is 22.3. The van der Waals surface area contributed by atoms with Gasteiger partial charge in [0.1, 0.15) is 11.6 Å². The van der Waals surface area contributed by atoms with Crippen LogP contribution >= 0.6 is 0 Å². The number of amides is 1. The number of rotatable bonds is 10. The van der Waals surface area contributed by atoms with Gasteiger partial charge in [-0.25, -0.2) is 4.39 Å². The third-order valence-electron chi connectivity index (χ3n) is 8.45. The van der Waals surface area contributed by atoms with Crippen LogP contribution in [0.5, 0.6) is 17.2 Å². The fraction of sp³-hybridized carbons (Fsp3) is 0.189. The zero-order valence-corrected chi connectivity index (χ0v) is 25.8. The van der Waals surface area contributed by atoms with E-state index in [1.165, 1.54) is 30.9 Å². The van der Waals surface area contributed by atoms with Crippen molar-refractivity contribution in [2.75, 3.05) is 20.8 Å². The van der Waals surface area contributed by atoms with Gasteiger partial charge in [-0.1, -0.05) is 42.5 Å². The Hall–Kier alpha value is -5.57. The van der Waals surface area contributed by atoms with Crippen molar-refractivity contribution in [3.8, 4) is 17.2 Å². The smallest absolute Gasteiger partial charge is 0.258 e. The summed E-state index contributed by atoms with van der Waals surface area (Å²) in [5.74, 6) is -0.643. The van der Waals surface area contributed by atoms with Gasteiger partial charge in [0.25, 0.3) is 11.5 Å². The van der Waals surface area contributed by atoms with E-state index in [9.17, 15) is 19.1 Å². The number of carbonyl (C=O) groups is 1. The number of aromatic hydroxyl groups is 1. The summed E-state index contributed by atoms with van der Waals surface area (Å²) in [6.07, 6.45) is 1.11. The summed E-state index contributed by atoms with van der Waals surface area (Å²) in [4.78, 5) is 30.5. The molecule has 6 rings (SSSR count). The molecule has 0 fully saturated rings. The monoisotopic (exact) mass is 619 g/mol. The number of nitrogens with one attached hydrogen (secondary N) is 2. The van der Waals surface area contributed by atoms with Gasteiger partial charge in [0.05, 0.1) is 31.2 Å². The fourth-order valence-electron chi connectivity index (χ4n) is 6.21. The number of carbonyl (C=O) groups excluding carboxylic acids is 1. The summed E-state index contributed by atoms with van der Waals surface area (Å²) in [7, 11) is 4.72. The molecular weight excluding hydrogens is 585 g/mol. The Kier molecular flexibility index (Phi) is 8.48. The van der Waals surface area contributed by atoms with E-state index < -0.39 is 11.7 Å². The quantitative estimate of drug-likeness (QED) is 0.154. The largest absolute Gasteiger partial charge is 0.507 e. The van der Waals surface area contributed by atoms with Crippen LogP contribution in [0, 0.1) is 5.82 Å². The van der Waals surface area contributed by atoms with Gasteiger partial charge in [0, 0.05) is 41.1 Å². The summed E-state index contributed by atoms with van der Waals surface area (Å²) >= 11 is 0. The molecule has 234 valence electrons. The second kappa shape index (κ2) is 12.8. The molecule has 0 spiro atoms. The number of methoxy groups -OCH3 is 2. The van der Waals surface area contributed by atoms with E-state index in [0.717, 1.165) is 16.5 Å². The topological polar surface area (TPSA) is 106 Å². The van der Waals surface area contributed by atoms with Crippen LogP contribution in [0.4, 0.5) is 4.39 Å². The highest BCUT2D eigenvalue weighted by atomic mass is 19.1. The number of fused-ring (bicyclic) bond motifs is 2. The van der Waals surface area contributed by atoms with Crippen LogP contribution < -0.4 is 20.3 Å². The van der Waals surface area contributed by atoms with E-state index in [1.807, 2.05) is 30.3 Å². The van der Waals surface area contributed by atoms with E-state index in [1.54, 1.807) is 55.6 Å². The van der Waals surface area contributed by atoms with Gasteiger partial charge >= 0.3 is 0 Å². The Morgan fingerprint density at radius 3 is 2.43 bits per heavy atom. The number of benzene rings is 4. The van der Waals surface area contributed by atoms with Crippen LogP contribution in [0.15, 0.2) is 95.8 Å². The highest BCUT2D eigenvalue weighted by Gasteiger charge is 2.30. The molecular formula is C37H34FN3O5. The first-order valence-corrected chi connectivity index (χ1v) is 15.0. The van der Waals surface area contributed by atoms with E-state index in [2.05, 4.69) is 10.3 Å². The number of aromatic amines is 1. The average Bonchev–Trinajstić information content (AvgIpc) is 3.44. The Bertz CT molecular complexity index is 2130. The molecule has 0 bridgehead atoms. The lowest BCUT2D eigenvalue weighted by atomic mass is 9.85. The number of hydrogen-bond donors (Lipinski definition) is 3. The van der Waals surface area contributed by atoms with E-state index >= 15 is 0 Å². The third kappa shape index (κ3) is 5.56. The summed E-state index contributed by atoms with van der Waals surface area (Å²) in [6.45, 7) is 0.375. The number of halogens is 1. The molecule has 1 unspecified atom stereocenters. The summed E-state index contributed by atoms with van der Waals surface area (Å²) in [5.41, 5.74) is 3.78. The number of ether oxygens (including phenoxy) is 2. The molecule has 1 atom stereocenters. The van der Waals surface area contributed by atoms with Gasteiger partial charge in [0.2, 0.25) is 0 Å². The van der Waals surface area contributed by atoms with Gasteiger partial charge in [-0.05, 0) is 72.5 Å². The fourth-order valence-corrected chi connectivity index (χ4v) is 6.21. The number of hydrogen-bond acceptors (Lipinski definition) is 5. The van der Waals surface area contributed by atoms with Crippen molar-refractivity contribution < 1.29 is 23.8 Å². The normalized spacial score (nSPS) is 11.9. The molecule has 0 aliphatic rings. The molecule has 1 amide bonds. The predicted octanol–water partition coefficient (Wildman–Crippen LogP) is 6.42. The van der Waals surface area contributed by atoms with Crippen molar-refractivity contribution in [1.82, 2.24) is 14.9 Å². The third-order valence-corrected chi connectivity index (χ3v) is 8.45. The zero-order valence-electron chi connectivity index (χ0n) is 25.8. The van der Waals surface area contributed by atoms with Gasteiger partial charge in [-0.3, -0.25) is 9.59 Å². The minimum atomic E-state index is -0.803. The van der Waals surface area contributed by atoms with Gasteiger partial charge in [-0.15, -0.1) is 0 Å². The Morgan fingerprint density at radius 2 is 1.67 bits per heavy atom. The van der Waals surface area contributed by atoms with Crippen LogP contribution in [0.1, 0.15) is 45.1 Å². The standard InChI is InChI=1S/C37H34FN3O5/c1-41-29-16-7-5-13-27(29)35(42)33(37(41)44)32(22-10-8-11-24(38)20-22)34-26(25-12-4-6-15-28(25)40-34)14-9-19-39-36(43)23-17-18-30(45-2)31(21-23)46-3/h4-8,10-13,15-18,20-21,32,40,42H,9,14,19H2,1-3H3,(H,39,43). The van der Waals surface area contributed by atoms with Crippen molar-refractivity contribution in [3.05, 3.63) is 135 Å². The molecule has 8 nitrogen and oxygen atoms in total. The predicted molar refractivity (Wildman–Crippen MR) is 177 cm³/mol. The lowest BCUT2D eigenvalue weighted by Gasteiger charge is -2.22. The number of H-pyrrole nitrogens is 1. The molecule has 0 saturated carbocycles. The second-order valence-corrected chi connectivity index (χ2v) is 11.1. The van der Waals surface area contributed by atoms with Crippen molar-refractivity contribution in [1.29, 1.82) is 0 Å². The van der Waals surface area contributed by atoms with Gasteiger partial charge < -0.3 is 29.4 Å². The van der Waals surface area contributed by atoms with Crippen molar-refractivity contribution in [2.24, 2.45) is 7.05 Å². The molecule has 2 aromatic heterocycles. The van der Waals surface area contributed by atoms with E-state index in [0.29, 0.717) is 58.6 Å². The van der Waals surface area contributed by atoms with Crippen LogP contribution in [-0.2, 0) is 13.5 Å². The second-order valence-electron chi connectivity index (χ2n) is 11.1. The molecule has 3 N–H and O–H groups in total. The maximum Gasteiger partial charge on any atom is 0.258 e. The van der Waals surface area contributed by atoms with Gasteiger partial charge in [0.15, 0.2) is 11.5 Å². The lowest BCUT2D eigenvalue weighted by molar-refractivity contribution is 0.0953. The number of nitrogens with zero attached hydrogens (tertiary/aromatic N) is 1. The Balaban J connectivity index is 1.39. The lowest BCUT2D eigenvalue weighted by Crippen LogP contribution is -2.26. The van der Waals surface area contributed by atoms with E-state index in [-0.39, 0.29) is 22.8 Å². The number of para-hydroxylation sites is 2. The SMILES string of the molecule is COc1ccc(C(=O)NCCCc2c(C(c3cccc(F)c3)c3c(O)c4ccccc4n(C)c3=O)[nH]c3ccccc23)cc1OC. The number of pyridine rings is 1. The summed E-state index contributed by atoms with van der Waals surface area (Å²) in [5, 5.41) is 16.1.